The van der Waals surface area contributed by atoms with Crippen molar-refractivity contribution in [3.8, 4) is 17.7 Å². The molecule has 0 aliphatic rings. The molecule has 0 bridgehead atoms. The van der Waals surface area contributed by atoms with Crippen LogP contribution in [-0.4, -0.2) is 52.6 Å². The smallest absolute Gasteiger partial charge is 0.332 e. The van der Waals surface area contributed by atoms with Crippen LogP contribution in [0.2, 0.25) is 10.0 Å². The van der Waals surface area contributed by atoms with Gasteiger partial charge in [-0.05, 0) is 37.3 Å². The van der Waals surface area contributed by atoms with Gasteiger partial charge in [0.25, 0.3) is 0 Å². The van der Waals surface area contributed by atoms with Crippen molar-refractivity contribution >= 4 is 45.9 Å². The fraction of sp³-hybridized carbons (Fsp3) is 0.261. The average Bonchev–Trinajstić information content (AvgIpc) is 2.84. The molecule has 0 radical (unpaired) electrons. The van der Waals surface area contributed by atoms with Crippen LogP contribution in [0.1, 0.15) is 13.3 Å². The third-order valence-electron chi connectivity index (χ3n) is 4.75. The second-order valence-corrected chi connectivity index (χ2v) is 7.71. The molecule has 1 amide bonds. The Kier molecular flexibility index (Phi) is 8.23. The number of halogens is 2. The summed E-state index contributed by atoms with van der Waals surface area (Å²) in [5.74, 6) is -1.65. The summed E-state index contributed by atoms with van der Waals surface area (Å²) in [5.41, 5.74) is -1.40. The van der Waals surface area contributed by atoms with E-state index in [2.05, 4.69) is 9.97 Å². The van der Waals surface area contributed by atoms with Gasteiger partial charge in [-0.2, -0.15) is 5.26 Å². The number of carbonyl (C=O) groups excluding carboxylic acids is 2. The van der Waals surface area contributed by atoms with Crippen LogP contribution in [0.15, 0.2) is 48.7 Å². The molecule has 11 heteroatoms. The Hall–Kier alpha value is -3.45. The van der Waals surface area contributed by atoms with E-state index in [-0.39, 0.29) is 36.2 Å². The second kappa shape index (κ2) is 11.1. The first-order valence-corrected chi connectivity index (χ1v) is 10.9. The van der Waals surface area contributed by atoms with Crippen molar-refractivity contribution in [1.29, 1.82) is 5.26 Å². The van der Waals surface area contributed by atoms with Crippen molar-refractivity contribution in [2.75, 3.05) is 20.3 Å². The highest BCUT2D eigenvalue weighted by atomic mass is 35.5. The molecule has 0 saturated carbocycles. The molecule has 1 atom stereocenters. The van der Waals surface area contributed by atoms with Gasteiger partial charge in [0.05, 0.1) is 36.0 Å². The summed E-state index contributed by atoms with van der Waals surface area (Å²) in [4.78, 5) is 39.9. The highest BCUT2D eigenvalue weighted by Gasteiger charge is 2.51. The van der Waals surface area contributed by atoms with Crippen LogP contribution in [0.25, 0.3) is 11.0 Å². The number of carbonyl (C=O) groups is 2. The van der Waals surface area contributed by atoms with E-state index in [1.807, 2.05) is 0 Å². The van der Waals surface area contributed by atoms with E-state index in [1.54, 1.807) is 43.3 Å². The van der Waals surface area contributed by atoms with E-state index in [4.69, 9.17) is 37.5 Å². The Morgan fingerprint density at radius 3 is 2.62 bits per heavy atom. The Morgan fingerprint density at radius 1 is 1.18 bits per heavy atom. The molecule has 2 aromatic carbocycles. The molecule has 3 rings (SSSR count). The fourth-order valence-corrected chi connectivity index (χ4v) is 3.38. The molecule has 0 spiro atoms. The van der Waals surface area contributed by atoms with Crippen molar-refractivity contribution in [3.63, 3.8) is 0 Å². The lowest BCUT2D eigenvalue weighted by Crippen LogP contribution is -2.57. The Bertz CT molecular complexity index is 1250. The molecule has 0 aliphatic carbocycles. The van der Waals surface area contributed by atoms with Crippen LogP contribution < -0.4 is 9.47 Å². The Balaban J connectivity index is 1.81. The summed E-state index contributed by atoms with van der Waals surface area (Å²) in [7, 11) is 1.25. The molecular formula is C23H20Cl2N4O5. The number of aromatic nitrogens is 2. The molecule has 1 unspecified atom stereocenters. The van der Waals surface area contributed by atoms with Crippen LogP contribution in [0.3, 0.4) is 0 Å². The third kappa shape index (κ3) is 5.37. The van der Waals surface area contributed by atoms with Gasteiger partial charge in [-0.3, -0.25) is 14.4 Å². The standard InChI is InChI=1S/C23H20Cl2N4O5/c1-3-29(32-2)22(31)23(14-26,34-19-7-5-4-6-16(19)25)20(30)10-11-33-21-13-27-18-12-15(24)8-9-17(18)28-21/h4-9,12-13H,3,10-11H2,1-2H3. The molecule has 0 saturated heterocycles. The molecule has 1 heterocycles. The molecule has 3 aromatic rings. The lowest BCUT2D eigenvalue weighted by atomic mass is 9.96. The number of ether oxygens (including phenoxy) is 2. The van der Waals surface area contributed by atoms with E-state index >= 15 is 0 Å². The number of ketones is 1. The third-order valence-corrected chi connectivity index (χ3v) is 5.29. The Morgan fingerprint density at radius 2 is 1.94 bits per heavy atom. The van der Waals surface area contributed by atoms with E-state index in [0.29, 0.717) is 16.1 Å². The maximum atomic E-state index is 13.2. The number of fused-ring (bicyclic) bond motifs is 1. The minimum Gasteiger partial charge on any atom is -0.476 e. The highest BCUT2D eigenvalue weighted by Crippen LogP contribution is 2.29. The predicted octanol–water partition coefficient (Wildman–Crippen LogP) is 4.03. The molecule has 0 N–H and O–H groups in total. The summed E-state index contributed by atoms with van der Waals surface area (Å²) in [6.07, 6.45) is 1.04. The number of nitriles is 1. The van der Waals surface area contributed by atoms with Crippen molar-refractivity contribution < 1.29 is 23.9 Å². The summed E-state index contributed by atoms with van der Waals surface area (Å²) in [6.45, 7) is 1.51. The quantitative estimate of drug-likeness (QED) is 0.301. The van der Waals surface area contributed by atoms with Crippen LogP contribution in [0.4, 0.5) is 0 Å². The average molecular weight is 503 g/mol. The summed E-state index contributed by atoms with van der Waals surface area (Å²) < 4.78 is 11.2. The minimum absolute atomic E-state index is 0.000419. The number of hydrogen-bond acceptors (Lipinski definition) is 8. The van der Waals surface area contributed by atoms with E-state index in [0.717, 1.165) is 5.06 Å². The number of benzene rings is 2. The Labute approximate surface area is 205 Å². The number of hydroxylamine groups is 2. The van der Waals surface area contributed by atoms with Gasteiger partial charge in [0.1, 0.15) is 11.8 Å². The fourth-order valence-electron chi connectivity index (χ4n) is 3.04. The van der Waals surface area contributed by atoms with Crippen molar-refractivity contribution in [3.05, 3.63) is 58.7 Å². The normalized spacial score (nSPS) is 12.4. The van der Waals surface area contributed by atoms with E-state index in [9.17, 15) is 14.9 Å². The molecular weight excluding hydrogens is 483 g/mol. The second-order valence-electron chi connectivity index (χ2n) is 6.87. The summed E-state index contributed by atoms with van der Waals surface area (Å²) in [6, 6.07) is 12.9. The topological polar surface area (TPSA) is 115 Å². The van der Waals surface area contributed by atoms with Crippen LogP contribution >= 0.6 is 23.2 Å². The number of hydrogen-bond donors (Lipinski definition) is 0. The van der Waals surface area contributed by atoms with Gasteiger partial charge in [0.15, 0.2) is 0 Å². The van der Waals surface area contributed by atoms with Gasteiger partial charge >= 0.3 is 11.5 Å². The van der Waals surface area contributed by atoms with Gasteiger partial charge in [-0.1, -0.05) is 35.3 Å². The summed E-state index contributed by atoms with van der Waals surface area (Å²) in [5, 5.41) is 11.5. The van der Waals surface area contributed by atoms with Gasteiger partial charge in [-0.25, -0.2) is 15.0 Å². The number of Topliss-reactive ketones (excluding diaryl/α,β-unsaturated/α-hetero) is 1. The number of para-hydroxylation sites is 1. The zero-order valence-corrected chi connectivity index (χ0v) is 19.8. The van der Waals surface area contributed by atoms with Gasteiger partial charge < -0.3 is 9.47 Å². The molecule has 34 heavy (non-hydrogen) atoms. The lowest BCUT2D eigenvalue weighted by Gasteiger charge is -2.30. The first-order chi connectivity index (χ1) is 16.3. The number of likely N-dealkylation sites (N-methyl/N-ethyl adjacent to an activating group) is 1. The summed E-state index contributed by atoms with van der Waals surface area (Å²) >= 11 is 12.1. The maximum absolute atomic E-state index is 13.2. The van der Waals surface area contributed by atoms with Gasteiger partial charge in [0, 0.05) is 18.0 Å². The largest absolute Gasteiger partial charge is 0.476 e. The van der Waals surface area contributed by atoms with Crippen molar-refractivity contribution in [1.82, 2.24) is 15.0 Å². The number of nitrogens with zero attached hydrogens (tertiary/aromatic N) is 4. The van der Waals surface area contributed by atoms with Crippen molar-refractivity contribution in [2.24, 2.45) is 0 Å². The lowest BCUT2D eigenvalue weighted by molar-refractivity contribution is -0.188. The van der Waals surface area contributed by atoms with Gasteiger partial charge in [0.2, 0.25) is 11.7 Å². The molecule has 0 aliphatic heterocycles. The van der Waals surface area contributed by atoms with E-state index in [1.165, 1.54) is 25.4 Å². The first kappa shape index (κ1) is 25.2. The molecule has 9 nitrogen and oxygen atoms in total. The number of rotatable bonds is 10. The van der Waals surface area contributed by atoms with Gasteiger partial charge in [-0.15, -0.1) is 0 Å². The number of amides is 1. The first-order valence-electron chi connectivity index (χ1n) is 10.1. The van der Waals surface area contributed by atoms with Crippen LogP contribution in [-0.2, 0) is 14.4 Å². The SMILES string of the molecule is CCN(OC)C(=O)C(C#N)(Oc1ccccc1Cl)C(=O)CCOc1cnc2cc(Cl)ccc2n1. The van der Waals surface area contributed by atoms with Crippen molar-refractivity contribution in [2.45, 2.75) is 18.9 Å². The molecule has 176 valence electrons. The molecule has 1 aromatic heterocycles. The predicted molar refractivity (Wildman–Crippen MR) is 124 cm³/mol. The zero-order valence-electron chi connectivity index (χ0n) is 18.3. The van der Waals surface area contributed by atoms with Crippen LogP contribution in [0, 0.1) is 11.3 Å². The maximum Gasteiger partial charge on any atom is 0.332 e. The van der Waals surface area contributed by atoms with E-state index < -0.39 is 17.3 Å². The van der Waals surface area contributed by atoms with Crippen LogP contribution in [0.5, 0.6) is 11.6 Å². The zero-order chi connectivity index (χ0) is 24.7. The molecule has 0 fully saturated rings. The monoisotopic (exact) mass is 502 g/mol. The minimum atomic E-state index is -2.54. The highest BCUT2D eigenvalue weighted by molar-refractivity contribution is 6.32.